The van der Waals surface area contributed by atoms with Gasteiger partial charge in [0.1, 0.15) is 0 Å². The van der Waals surface area contributed by atoms with Crippen LogP contribution in [0.4, 0.5) is 0 Å². The smallest absolute Gasteiger partial charge is 0.0399 e. The van der Waals surface area contributed by atoms with Crippen LogP contribution >= 0.6 is 34.4 Å². The van der Waals surface area contributed by atoms with E-state index in [-0.39, 0.29) is 0 Å². The maximum atomic E-state index is 2.48. The van der Waals surface area contributed by atoms with Crippen molar-refractivity contribution >= 4 is 56.2 Å². The molecule has 3 aromatic rings. The van der Waals surface area contributed by atoms with E-state index in [1.54, 1.807) is 15.3 Å². The number of aryl methyl sites for hydroxylation is 1. The minimum atomic E-state index is 0.631. The van der Waals surface area contributed by atoms with Gasteiger partial charge in [0.2, 0.25) is 0 Å². The van der Waals surface area contributed by atoms with Crippen LogP contribution in [0.3, 0.4) is 0 Å². The first-order valence-corrected chi connectivity index (χ1v) is 10.9. The Balaban J connectivity index is 1.57. The Labute approximate surface area is 149 Å². The van der Waals surface area contributed by atoms with Gasteiger partial charge in [-0.2, -0.15) is 0 Å². The van der Waals surface area contributed by atoms with Crippen LogP contribution in [0.15, 0.2) is 34.5 Å². The fraction of sp³-hybridized carbons (Fsp3) is 0.300. The zero-order valence-corrected chi connectivity index (χ0v) is 15.5. The first-order chi connectivity index (χ1) is 11.3. The molecule has 0 N–H and O–H groups in total. The lowest BCUT2D eigenvalue weighted by molar-refractivity contribution is 0.804. The normalized spacial score (nSPS) is 18.7. The Hall–Kier alpha value is -1.03. The molecular formula is C20H18S3. The first-order valence-electron chi connectivity index (χ1n) is 8.33. The number of rotatable bonds is 3. The van der Waals surface area contributed by atoms with Gasteiger partial charge in [0, 0.05) is 24.6 Å². The van der Waals surface area contributed by atoms with Crippen LogP contribution in [-0.4, -0.2) is 5.25 Å². The Bertz CT molecular complexity index is 926. The molecule has 0 radical (unpaired) electrons. The molecule has 1 aliphatic carbocycles. The fourth-order valence-corrected chi connectivity index (χ4v) is 7.21. The molecule has 1 aromatic carbocycles. The van der Waals surface area contributed by atoms with Crippen molar-refractivity contribution in [1.82, 2.24) is 0 Å². The van der Waals surface area contributed by atoms with Crippen molar-refractivity contribution in [3.05, 3.63) is 50.5 Å². The molecule has 1 aliphatic heterocycles. The van der Waals surface area contributed by atoms with Gasteiger partial charge in [0.05, 0.1) is 0 Å². The second-order valence-corrected chi connectivity index (χ2v) is 9.83. The van der Waals surface area contributed by atoms with Crippen LogP contribution < -0.4 is 0 Å². The van der Waals surface area contributed by atoms with Crippen molar-refractivity contribution in [3.63, 3.8) is 0 Å². The minimum absolute atomic E-state index is 0.631. The quantitative estimate of drug-likeness (QED) is 0.494. The van der Waals surface area contributed by atoms with Crippen molar-refractivity contribution in [1.29, 1.82) is 0 Å². The minimum Gasteiger partial charge on any atom is -0.145 e. The van der Waals surface area contributed by atoms with Gasteiger partial charge in [0.15, 0.2) is 0 Å². The molecule has 2 aliphatic rings. The van der Waals surface area contributed by atoms with Crippen molar-refractivity contribution in [2.24, 2.45) is 0 Å². The van der Waals surface area contributed by atoms with Gasteiger partial charge >= 0.3 is 0 Å². The van der Waals surface area contributed by atoms with E-state index in [4.69, 9.17) is 0 Å². The largest absolute Gasteiger partial charge is 0.145 e. The zero-order chi connectivity index (χ0) is 15.4. The monoisotopic (exact) mass is 354 g/mol. The summed E-state index contributed by atoms with van der Waals surface area (Å²) in [5, 5.41) is 4.23. The lowest BCUT2D eigenvalue weighted by atomic mass is 9.92. The van der Waals surface area contributed by atoms with Gasteiger partial charge in [-0.05, 0) is 77.1 Å². The molecule has 0 amide bonds. The highest BCUT2D eigenvalue weighted by Crippen LogP contribution is 2.51. The summed E-state index contributed by atoms with van der Waals surface area (Å²) in [6.45, 7) is 2.28. The summed E-state index contributed by atoms with van der Waals surface area (Å²) < 4.78 is 1.42. The van der Waals surface area contributed by atoms with Crippen LogP contribution in [0, 0.1) is 0 Å². The molecule has 3 heteroatoms. The molecule has 0 saturated carbocycles. The van der Waals surface area contributed by atoms with Crippen LogP contribution in [-0.2, 0) is 12.8 Å². The topological polar surface area (TPSA) is 0 Å². The molecule has 0 fully saturated rings. The highest BCUT2D eigenvalue weighted by atomic mass is 32.2. The summed E-state index contributed by atoms with van der Waals surface area (Å²) in [4.78, 5) is 4.66. The molecule has 1 unspecified atom stereocenters. The molecule has 1 atom stereocenters. The molecule has 3 heterocycles. The number of hydrogen-bond acceptors (Lipinski definition) is 3. The van der Waals surface area contributed by atoms with E-state index in [0.717, 1.165) is 0 Å². The highest BCUT2D eigenvalue weighted by Gasteiger charge is 2.32. The predicted octanol–water partition coefficient (Wildman–Crippen LogP) is 6.88. The summed E-state index contributed by atoms with van der Waals surface area (Å²) in [5.41, 5.74) is 4.54. The molecule has 5 rings (SSSR count). The molecule has 2 aromatic heterocycles. The first kappa shape index (κ1) is 14.3. The van der Waals surface area contributed by atoms with E-state index in [2.05, 4.69) is 65.7 Å². The Morgan fingerprint density at radius 2 is 2.17 bits per heavy atom. The molecule has 0 nitrogen and oxygen atoms in total. The standard InChI is InChI=1S/C20H18S3/c1-2-3-4-14-7-13-9-16-15-8-12-5-6-21-17(12)10-19(15)23-20(16)11-18(13)22-14/h5-10,20H,2-4,11H2,1H3. The molecular weight excluding hydrogens is 336 g/mol. The zero-order valence-electron chi connectivity index (χ0n) is 13.1. The summed E-state index contributed by atoms with van der Waals surface area (Å²) in [6.07, 6.45) is 7.54. The van der Waals surface area contributed by atoms with E-state index in [1.807, 2.05) is 11.3 Å². The second-order valence-electron chi connectivity index (χ2n) is 6.41. The third-order valence-corrected chi connectivity index (χ3v) is 8.24. The van der Waals surface area contributed by atoms with E-state index >= 15 is 0 Å². The average Bonchev–Trinajstić information content (AvgIpc) is 3.23. The van der Waals surface area contributed by atoms with Crippen molar-refractivity contribution in [2.75, 3.05) is 0 Å². The summed E-state index contributed by atoms with van der Waals surface area (Å²) in [5.74, 6) is 0. The Kier molecular flexibility index (Phi) is 3.43. The number of thiophene rings is 2. The van der Waals surface area contributed by atoms with Gasteiger partial charge in [-0.3, -0.25) is 0 Å². The molecule has 0 spiro atoms. The van der Waals surface area contributed by atoms with E-state index < -0.39 is 0 Å². The number of fused-ring (bicyclic) bond motifs is 5. The number of benzene rings is 1. The maximum Gasteiger partial charge on any atom is 0.0399 e. The molecule has 23 heavy (non-hydrogen) atoms. The van der Waals surface area contributed by atoms with Crippen molar-refractivity contribution in [3.8, 4) is 0 Å². The number of thioether (sulfide) groups is 1. The average molecular weight is 355 g/mol. The van der Waals surface area contributed by atoms with Gasteiger partial charge in [0.25, 0.3) is 0 Å². The maximum absolute atomic E-state index is 2.48. The lowest BCUT2D eigenvalue weighted by Crippen LogP contribution is -2.08. The van der Waals surface area contributed by atoms with Gasteiger partial charge in [-0.25, -0.2) is 0 Å². The van der Waals surface area contributed by atoms with Crippen LogP contribution in [0.2, 0.25) is 0 Å². The Morgan fingerprint density at radius 1 is 1.22 bits per heavy atom. The Morgan fingerprint density at radius 3 is 3.09 bits per heavy atom. The van der Waals surface area contributed by atoms with Gasteiger partial charge in [-0.1, -0.05) is 13.3 Å². The lowest BCUT2D eigenvalue weighted by Gasteiger charge is -2.16. The highest BCUT2D eigenvalue weighted by molar-refractivity contribution is 8.01. The predicted molar refractivity (Wildman–Crippen MR) is 106 cm³/mol. The summed E-state index contributed by atoms with van der Waals surface area (Å²) in [6, 6.07) is 9.51. The summed E-state index contributed by atoms with van der Waals surface area (Å²) in [7, 11) is 0. The van der Waals surface area contributed by atoms with Crippen LogP contribution in [0.5, 0.6) is 0 Å². The van der Waals surface area contributed by atoms with E-state index in [9.17, 15) is 0 Å². The van der Waals surface area contributed by atoms with Gasteiger partial charge < -0.3 is 0 Å². The third kappa shape index (κ3) is 2.33. The third-order valence-electron chi connectivity index (χ3n) is 4.83. The SMILES string of the molecule is CCCCc1cc2c(s1)CC1Sc3cc4sccc4cc3C1=C2. The number of hydrogen-bond donors (Lipinski definition) is 0. The van der Waals surface area contributed by atoms with Gasteiger partial charge in [-0.15, -0.1) is 34.4 Å². The molecule has 0 bridgehead atoms. The molecule has 116 valence electrons. The van der Waals surface area contributed by atoms with Crippen LogP contribution in [0.1, 0.15) is 40.6 Å². The fourth-order valence-electron chi connectivity index (χ4n) is 3.62. The van der Waals surface area contributed by atoms with Crippen LogP contribution in [0.25, 0.3) is 21.7 Å². The van der Waals surface area contributed by atoms with E-state index in [0.29, 0.717) is 5.25 Å². The number of unbranched alkanes of at least 4 members (excludes halogenated alkanes) is 1. The van der Waals surface area contributed by atoms with Crippen molar-refractivity contribution < 1.29 is 0 Å². The summed E-state index contributed by atoms with van der Waals surface area (Å²) >= 11 is 5.98. The molecule has 0 saturated heterocycles. The second kappa shape index (κ2) is 5.51. The van der Waals surface area contributed by atoms with E-state index in [1.165, 1.54) is 51.8 Å². The van der Waals surface area contributed by atoms with Crippen molar-refractivity contribution in [2.45, 2.75) is 42.8 Å².